The third kappa shape index (κ3) is 5.25. The highest BCUT2D eigenvalue weighted by Gasteiger charge is 2.15. The van der Waals surface area contributed by atoms with Crippen molar-refractivity contribution in [3.63, 3.8) is 0 Å². The molecule has 1 heterocycles. The predicted octanol–water partition coefficient (Wildman–Crippen LogP) is 3.45. The summed E-state index contributed by atoms with van der Waals surface area (Å²) in [6.07, 6.45) is 9.72. The molecule has 1 aromatic heterocycles. The number of hydrogen-bond donors (Lipinski definition) is 2. The summed E-state index contributed by atoms with van der Waals surface area (Å²) in [5.74, 6) is 1.83. The number of aromatic nitrogens is 2. The van der Waals surface area contributed by atoms with Crippen LogP contribution in [0.15, 0.2) is 4.99 Å². The highest BCUT2D eigenvalue weighted by atomic mass is 15.3. The van der Waals surface area contributed by atoms with Gasteiger partial charge in [0.2, 0.25) is 0 Å². The number of rotatable bonds is 6. The number of guanidine groups is 1. The van der Waals surface area contributed by atoms with Crippen LogP contribution in [0.1, 0.15) is 68.8 Å². The van der Waals surface area contributed by atoms with Crippen LogP contribution in [-0.2, 0) is 13.6 Å². The van der Waals surface area contributed by atoms with E-state index < -0.39 is 0 Å². The van der Waals surface area contributed by atoms with Crippen molar-refractivity contribution in [2.24, 2.45) is 18.0 Å². The molecule has 5 nitrogen and oxygen atoms in total. The van der Waals surface area contributed by atoms with Crippen molar-refractivity contribution in [3.05, 3.63) is 17.0 Å². The zero-order chi connectivity index (χ0) is 17.5. The minimum atomic E-state index is 0.453. The molecule has 0 amide bonds. The Morgan fingerprint density at radius 3 is 2.58 bits per heavy atom. The number of nitrogens with zero attached hydrogens (tertiary/aromatic N) is 3. The Balaban J connectivity index is 1.76. The maximum Gasteiger partial charge on any atom is 0.191 e. The third-order valence-corrected chi connectivity index (χ3v) is 5.43. The molecule has 1 unspecified atom stereocenters. The van der Waals surface area contributed by atoms with Crippen molar-refractivity contribution in [2.75, 3.05) is 7.05 Å². The molecule has 24 heavy (non-hydrogen) atoms. The molecule has 0 saturated heterocycles. The molecule has 2 rings (SSSR count). The van der Waals surface area contributed by atoms with Crippen LogP contribution in [0.25, 0.3) is 0 Å². The lowest BCUT2D eigenvalue weighted by molar-refractivity contribution is 0.322. The minimum absolute atomic E-state index is 0.453. The van der Waals surface area contributed by atoms with E-state index in [0.717, 1.165) is 24.1 Å². The van der Waals surface area contributed by atoms with Gasteiger partial charge in [0.15, 0.2) is 5.96 Å². The molecule has 0 aromatic carbocycles. The van der Waals surface area contributed by atoms with Crippen LogP contribution < -0.4 is 10.6 Å². The lowest BCUT2D eigenvalue weighted by atomic mass is 9.85. The van der Waals surface area contributed by atoms with E-state index in [4.69, 9.17) is 0 Å². The van der Waals surface area contributed by atoms with Gasteiger partial charge in [-0.1, -0.05) is 32.1 Å². The average Bonchev–Trinajstić information content (AvgIpc) is 2.83. The van der Waals surface area contributed by atoms with Gasteiger partial charge in [-0.3, -0.25) is 9.67 Å². The van der Waals surface area contributed by atoms with E-state index >= 15 is 0 Å². The SMILES string of the molecule is CN=C(NCc1c(C)nn(C)c1C)NC(C)CCC1CCCCC1. The van der Waals surface area contributed by atoms with Crippen LogP contribution in [0.2, 0.25) is 0 Å². The van der Waals surface area contributed by atoms with Crippen molar-refractivity contribution in [1.29, 1.82) is 0 Å². The monoisotopic (exact) mass is 333 g/mol. The highest BCUT2D eigenvalue weighted by molar-refractivity contribution is 5.79. The summed E-state index contributed by atoms with van der Waals surface area (Å²) in [4.78, 5) is 4.37. The summed E-state index contributed by atoms with van der Waals surface area (Å²) < 4.78 is 1.94. The quantitative estimate of drug-likeness (QED) is 0.619. The van der Waals surface area contributed by atoms with Crippen LogP contribution in [0.5, 0.6) is 0 Å². The standard InChI is InChI=1S/C19H35N5/c1-14(11-12-17-9-7-6-8-10-17)22-19(20-4)21-13-18-15(2)23-24(5)16(18)3/h14,17H,6-13H2,1-5H3,(H2,20,21,22). The van der Waals surface area contributed by atoms with E-state index in [0.29, 0.717) is 6.04 Å². The third-order valence-electron chi connectivity index (χ3n) is 5.43. The molecule has 2 N–H and O–H groups in total. The Morgan fingerprint density at radius 2 is 2.00 bits per heavy atom. The molecule has 1 aromatic rings. The van der Waals surface area contributed by atoms with Gasteiger partial charge in [-0.05, 0) is 39.5 Å². The molecule has 136 valence electrons. The van der Waals surface area contributed by atoms with Gasteiger partial charge >= 0.3 is 0 Å². The van der Waals surface area contributed by atoms with Gasteiger partial charge in [-0.25, -0.2) is 0 Å². The van der Waals surface area contributed by atoms with E-state index in [1.54, 1.807) is 0 Å². The van der Waals surface area contributed by atoms with Crippen LogP contribution in [0.4, 0.5) is 0 Å². The molecule has 1 aliphatic rings. The van der Waals surface area contributed by atoms with E-state index in [-0.39, 0.29) is 0 Å². The molecule has 0 aliphatic heterocycles. The predicted molar refractivity (Wildman–Crippen MR) is 101 cm³/mol. The second kappa shape index (κ2) is 9.09. The molecular weight excluding hydrogens is 298 g/mol. The van der Waals surface area contributed by atoms with E-state index in [1.165, 1.54) is 56.2 Å². The fourth-order valence-corrected chi connectivity index (χ4v) is 3.71. The number of aliphatic imine (C=N–C) groups is 1. The summed E-state index contributed by atoms with van der Waals surface area (Å²) in [6, 6.07) is 0.453. The zero-order valence-corrected chi connectivity index (χ0v) is 16.2. The first-order valence-corrected chi connectivity index (χ1v) is 9.47. The number of nitrogens with one attached hydrogen (secondary N) is 2. The molecule has 0 spiro atoms. The van der Waals surface area contributed by atoms with Gasteiger partial charge in [0.05, 0.1) is 5.69 Å². The molecular formula is C19H35N5. The fourth-order valence-electron chi connectivity index (χ4n) is 3.71. The lowest BCUT2D eigenvalue weighted by Crippen LogP contribution is -2.42. The normalized spacial score (nSPS) is 17.8. The molecule has 1 atom stereocenters. The minimum Gasteiger partial charge on any atom is -0.354 e. The largest absolute Gasteiger partial charge is 0.354 e. The molecule has 5 heteroatoms. The number of hydrogen-bond acceptors (Lipinski definition) is 2. The lowest BCUT2D eigenvalue weighted by Gasteiger charge is -2.24. The fraction of sp³-hybridized carbons (Fsp3) is 0.789. The van der Waals surface area contributed by atoms with Crippen LogP contribution in [0, 0.1) is 19.8 Å². The van der Waals surface area contributed by atoms with Crippen molar-refractivity contribution in [3.8, 4) is 0 Å². The molecule has 1 aliphatic carbocycles. The smallest absolute Gasteiger partial charge is 0.191 e. The average molecular weight is 334 g/mol. The van der Waals surface area contributed by atoms with E-state index in [2.05, 4.69) is 41.5 Å². The molecule has 1 fully saturated rings. The van der Waals surface area contributed by atoms with Gasteiger partial charge in [0, 0.05) is 37.9 Å². The van der Waals surface area contributed by atoms with Crippen LogP contribution >= 0.6 is 0 Å². The Labute approximate surface area is 147 Å². The summed E-state index contributed by atoms with van der Waals surface area (Å²) in [5, 5.41) is 11.4. The van der Waals surface area contributed by atoms with Gasteiger partial charge in [-0.2, -0.15) is 5.10 Å². The zero-order valence-electron chi connectivity index (χ0n) is 16.2. The van der Waals surface area contributed by atoms with Gasteiger partial charge < -0.3 is 10.6 Å². The first kappa shape index (κ1) is 18.8. The molecule has 1 saturated carbocycles. The molecule has 0 radical (unpaired) electrons. The maximum atomic E-state index is 4.47. The first-order chi connectivity index (χ1) is 11.5. The summed E-state index contributed by atoms with van der Waals surface area (Å²) in [7, 11) is 3.83. The molecule has 0 bridgehead atoms. The summed E-state index contributed by atoms with van der Waals surface area (Å²) in [6.45, 7) is 7.20. The van der Waals surface area contributed by atoms with Crippen LogP contribution in [0.3, 0.4) is 0 Å². The van der Waals surface area contributed by atoms with E-state index in [9.17, 15) is 0 Å². The second-order valence-corrected chi connectivity index (χ2v) is 7.33. The topological polar surface area (TPSA) is 54.2 Å². The van der Waals surface area contributed by atoms with Crippen molar-refractivity contribution in [1.82, 2.24) is 20.4 Å². The summed E-state index contributed by atoms with van der Waals surface area (Å²) in [5.41, 5.74) is 3.56. The van der Waals surface area contributed by atoms with E-state index in [1.807, 2.05) is 18.8 Å². The highest BCUT2D eigenvalue weighted by Crippen LogP contribution is 2.27. The Hall–Kier alpha value is -1.52. The Kier molecular flexibility index (Phi) is 7.13. The maximum absolute atomic E-state index is 4.47. The van der Waals surface area contributed by atoms with Crippen molar-refractivity contribution < 1.29 is 0 Å². The van der Waals surface area contributed by atoms with Crippen molar-refractivity contribution in [2.45, 2.75) is 78.3 Å². The van der Waals surface area contributed by atoms with Crippen LogP contribution in [-0.4, -0.2) is 28.8 Å². The number of aryl methyl sites for hydroxylation is 2. The summed E-state index contributed by atoms with van der Waals surface area (Å²) >= 11 is 0. The Morgan fingerprint density at radius 1 is 1.29 bits per heavy atom. The van der Waals surface area contributed by atoms with Crippen molar-refractivity contribution >= 4 is 5.96 Å². The van der Waals surface area contributed by atoms with Gasteiger partial charge in [0.1, 0.15) is 0 Å². The first-order valence-electron chi connectivity index (χ1n) is 9.47. The van der Waals surface area contributed by atoms with Gasteiger partial charge in [0.25, 0.3) is 0 Å². The van der Waals surface area contributed by atoms with Gasteiger partial charge in [-0.15, -0.1) is 0 Å². The second-order valence-electron chi connectivity index (χ2n) is 7.33. The Bertz CT molecular complexity index is 540.